The highest BCUT2D eigenvalue weighted by molar-refractivity contribution is 7.98. The van der Waals surface area contributed by atoms with Crippen LogP contribution in [0.3, 0.4) is 0 Å². The molecule has 0 saturated carbocycles. The van der Waals surface area contributed by atoms with Crippen LogP contribution in [-0.2, 0) is 12.3 Å². The lowest BCUT2D eigenvalue weighted by Crippen LogP contribution is -2.00. The normalized spacial score (nSPS) is 10.9. The van der Waals surface area contributed by atoms with E-state index >= 15 is 0 Å². The molecule has 10 nitrogen and oxygen atoms in total. The zero-order valence-corrected chi connectivity index (χ0v) is 15.8. The predicted octanol–water partition coefficient (Wildman–Crippen LogP) is 3.97. The van der Waals surface area contributed by atoms with Crippen molar-refractivity contribution in [1.82, 2.24) is 24.9 Å². The summed E-state index contributed by atoms with van der Waals surface area (Å²) in [6.45, 7) is 4.28. The SMILES string of the molecule is C=CCn1c(SCc2nc(-c3cccc([N+](=O)[O-])c3)no2)nnc1-c1ccco1. The monoisotopic (exact) mass is 410 g/mol. The number of allylic oxidation sites excluding steroid dienone is 1. The Hall–Kier alpha value is -3.73. The maximum atomic E-state index is 10.9. The molecule has 0 N–H and O–H groups in total. The first-order valence-electron chi connectivity index (χ1n) is 8.44. The summed E-state index contributed by atoms with van der Waals surface area (Å²) >= 11 is 1.37. The molecular formula is C18H14N6O4S. The minimum Gasteiger partial charge on any atom is -0.461 e. The molecule has 1 aromatic carbocycles. The average molecular weight is 410 g/mol. The van der Waals surface area contributed by atoms with E-state index in [0.29, 0.717) is 40.5 Å². The van der Waals surface area contributed by atoms with Gasteiger partial charge in [-0.3, -0.25) is 14.7 Å². The first-order valence-corrected chi connectivity index (χ1v) is 9.42. The molecule has 11 heteroatoms. The molecule has 0 aliphatic heterocycles. The van der Waals surface area contributed by atoms with Crippen molar-refractivity contribution < 1.29 is 13.9 Å². The second-order valence-electron chi connectivity index (χ2n) is 5.79. The third kappa shape index (κ3) is 3.94. The number of rotatable bonds is 8. The quantitative estimate of drug-likeness (QED) is 0.183. The van der Waals surface area contributed by atoms with Crippen LogP contribution in [0, 0.1) is 10.1 Å². The van der Waals surface area contributed by atoms with Crippen LogP contribution >= 0.6 is 11.8 Å². The standard InChI is InChI=1S/C18H14N6O4S/c1-2-8-23-17(14-7-4-9-27-14)20-21-18(23)29-11-15-19-16(22-28-15)12-5-3-6-13(10-12)24(25)26/h2-7,9-10H,1,8,11H2. The Morgan fingerprint density at radius 2 is 2.17 bits per heavy atom. The fourth-order valence-corrected chi connectivity index (χ4v) is 3.38. The highest BCUT2D eigenvalue weighted by Gasteiger charge is 2.17. The Morgan fingerprint density at radius 3 is 2.93 bits per heavy atom. The summed E-state index contributed by atoms with van der Waals surface area (Å²) in [6, 6.07) is 9.66. The lowest BCUT2D eigenvalue weighted by Gasteiger charge is -2.04. The van der Waals surface area contributed by atoms with E-state index in [0.717, 1.165) is 0 Å². The number of benzene rings is 1. The number of hydrogen-bond donors (Lipinski definition) is 0. The number of hydrogen-bond acceptors (Lipinski definition) is 9. The molecule has 146 valence electrons. The minimum atomic E-state index is -0.469. The van der Waals surface area contributed by atoms with Crippen LogP contribution in [0.15, 0.2) is 69.4 Å². The summed E-state index contributed by atoms with van der Waals surface area (Å²) in [5, 5.41) is 23.9. The first kappa shape index (κ1) is 18.6. The van der Waals surface area contributed by atoms with Crippen molar-refractivity contribution in [3.8, 4) is 23.0 Å². The summed E-state index contributed by atoms with van der Waals surface area (Å²) in [5.41, 5.74) is 0.473. The van der Waals surface area contributed by atoms with E-state index in [1.165, 1.54) is 23.9 Å². The fraction of sp³-hybridized carbons (Fsp3) is 0.111. The molecule has 29 heavy (non-hydrogen) atoms. The fourth-order valence-electron chi connectivity index (χ4n) is 2.59. The van der Waals surface area contributed by atoms with E-state index in [2.05, 4.69) is 26.9 Å². The van der Waals surface area contributed by atoms with Crippen molar-refractivity contribution >= 4 is 17.4 Å². The van der Waals surface area contributed by atoms with Crippen LogP contribution in [0.5, 0.6) is 0 Å². The molecule has 0 aliphatic carbocycles. The number of non-ortho nitro benzene ring substituents is 1. The molecular weight excluding hydrogens is 396 g/mol. The van der Waals surface area contributed by atoms with Crippen LogP contribution in [0.2, 0.25) is 0 Å². The minimum absolute atomic E-state index is 0.0359. The van der Waals surface area contributed by atoms with Gasteiger partial charge in [-0.1, -0.05) is 35.1 Å². The average Bonchev–Trinajstić information content (AvgIpc) is 3.48. The number of nitro benzene ring substituents is 1. The molecule has 0 saturated heterocycles. The van der Waals surface area contributed by atoms with Gasteiger partial charge in [-0.05, 0) is 12.1 Å². The number of nitrogens with zero attached hydrogens (tertiary/aromatic N) is 6. The van der Waals surface area contributed by atoms with Gasteiger partial charge in [0.15, 0.2) is 10.9 Å². The van der Waals surface area contributed by atoms with Crippen LogP contribution in [0.25, 0.3) is 23.0 Å². The molecule has 0 unspecified atom stereocenters. The number of furan rings is 1. The van der Waals surface area contributed by atoms with Crippen molar-refractivity contribution in [2.75, 3.05) is 0 Å². The van der Waals surface area contributed by atoms with Gasteiger partial charge in [-0.2, -0.15) is 4.98 Å². The maximum absolute atomic E-state index is 10.9. The van der Waals surface area contributed by atoms with Crippen LogP contribution in [-0.4, -0.2) is 29.8 Å². The van der Waals surface area contributed by atoms with E-state index in [1.807, 2.05) is 4.57 Å². The van der Waals surface area contributed by atoms with Crippen molar-refractivity contribution in [3.05, 3.63) is 71.3 Å². The second kappa shape index (κ2) is 8.10. The van der Waals surface area contributed by atoms with Crippen molar-refractivity contribution in [2.24, 2.45) is 0 Å². The Kier molecular flexibility index (Phi) is 5.20. The Morgan fingerprint density at radius 1 is 1.28 bits per heavy atom. The molecule has 0 fully saturated rings. The molecule has 0 radical (unpaired) electrons. The third-order valence-electron chi connectivity index (χ3n) is 3.88. The molecule has 0 aliphatic rings. The second-order valence-corrected chi connectivity index (χ2v) is 6.73. The van der Waals surface area contributed by atoms with Gasteiger partial charge >= 0.3 is 0 Å². The third-order valence-corrected chi connectivity index (χ3v) is 4.83. The van der Waals surface area contributed by atoms with E-state index in [-0.39, 0.29) is 11.5 Å². The topological polar surface area (TPSA) is 126 Å². The largest absolute Gasteiger partial charge is 0.461 e. The van der Waals surface area contributed by atoms with Gasteiger partial charge in [0.2, 0.25) is 17.5 Å². The summed E-state index contributed by atoms with van der Waals surface area (Å²) in [4.78, 5) is 14.8. The highest BCUT2D eigenvalue weighted by Crippen LogP contribution is 2.27. The lowest BCUT2D eigenvalue weighted by atomic mass is 10.2. The summed E-state index contributed by atoms with van der Waals surface area (Å²) in [5.74, 6) is 2.21. The maximum Gasteiger partial charge on any atom is 0.270 e. The zero-order valence-electron chi connectivity index (χ0n) is 15.0. The van der Waals surface area contributed by atoms with Gasteiger partial charge in [0.05, 0.1) is 16.9 Å². The molecule has 4 aromatic rings. The van der Waals surface area contributed by atoms with Crippen LogP contribution in [0.1, 0.15) is 5.89 Å². The Balaban J connectivity index is 1.51. The first-order chi connectivity index (χ1) is 14.2. The highest BCUT2D eigenvalue weighted by atomic mass is 32.2. The van der Waals surface area contributed by atoms with E-state index < -0.39 is 4.92 Å². The number of nitro groups is 1. The van der Waals surface area contributed by atoms with Gasteiger partial charge in [-0.25, -0.2) is 0 Å². The molecule has 3 aromatic heterocycles. The van der Waals surface area contributed by atoms with Gasteiger partial charge in [0, 0.05) is 24.2 Å². The van der Waals surface area contributed by atoms with Crippen LogP contribution < -0.4 is 0 Å². The lowest BCUT2D eigenvalue weighted by molar-refractivity contribution is -0.384. The van der Waals surface area contributed by atoms with E-state index in [1.54, 1.807) is 36.6 Å². The molecule has 0 bridgehead atoms. The van der Waals surface area contributed by atoms with Gasteiger partial charge < -0.3 is 8.94 Å². The number of aromatic nitrogens is 5. The van der Waals surface area contributed by atoms with Gasteiger partial charge in [-0.15, -0.1) is 16.8 Å². The van der Waals surface area contributed by atoms with Crippen LogP contribution in [0.4, 0.5) is 5.69 Å². The summed E-state index contributed by atoms with van der Waals surface area (Å²) < 4.78 is 12.5. The van der Waals surface area contributed by atoms with Crippen molar-refractivity contribution in [1.29, 1.82) is 0 Å². The zero-order chi connectivity index (χ0) is 20.2. The molecule has 0 spiro atoms. The summed E-state index contributed by atoms with van der Waals surface area (Å²) in [7, 11) is 0. The van der Waals surface area contributed by atoms with Crippen molar-refractivity contribution in [3.63, 3.8) is 0 Å². The number of thioether (sulfide) groups is 1. The van der Waals surface area contributed by atoms with Gasteiger partial charge in [0.25, 0.3) is 5.69 Å². The Labute approximate surface area is 168 Å². The Bertz CT molecular complexity index is 1150. The van der Waals surface area contributed by atoms with Crippen molar-refractivity contribution in [2.45, 2.75) is 17.5 Å². The molecule has 3 heterocycles. The summed E-state index contributed by atoms with van der Waals surface area (Å²) in [6.07, 6.45) is 3.32. The smallest absolute Gasteiger partial charge is 0.270 e. The molecule has 0 atom stereocenters. The predicted molar refractivity (Wildman–Crippen MR) is 104 cm³/mol. The van der Waals surface area contributed by atoms with E-state index in [4.69, 9.17) is 8.94 Å². The molecule has 4 rings (SSSR count). The van der Waals surface area contributed by atoms with E-state index in [9.17, 15) is 10.1 Å². The van der Waals surface area contributed by atoms with Gasteiger partial charge in [0.1, 0.15) is 0 Å². The molecule has 0 amide bonds.